The molecule has 0 N–H and O–H groups in total. The Kier molecular flexibility index (Phi) is 37.1. The molecule has 246 valence electrons. The van der Waals surface area contributed by atoms with Crippen LogP contribution in [0.3, 0.4) is 0 Å². The van der Waals surface area contributed by atoms with Gasteiger partial charge in [0, 0.05) is 49.9 Å². The molecule has 40 heavy (non-hydrogen) atoms. The van der Waals surface area contributed by atoms with Crippen LogP contribution < -0.4 is 0 Å². The summed E-state index contributed by atoms with van der Waals surface area (Å²) in [6, 6.07) is 0. The Bertz CT molecular complexity index is 374. The summed E-state index contributed by atoms with van der Waals surface area (Å²) < 4.78 is 0. The molecule has 0 atom stereocenters. The van der Waals surface area contributed by atoms with Crippen molar-refractivity contribution in [2.45, 2.75) is 147 Å². The maximum absolute atomic E-state index is 3.46. The molecule has 4 heteroatoms. The average molecular weight is 699 g/mol. The van der Waals surface area contributed by atoms with Gasteiger partial charge < -0.3 is 9.80 Å². The van der Waals surface area contributed by atoms with Gasteiger partial charge in [0.15, 0.2) is 0 Å². The van der Waals surface area contributed by atoms with E-state index in [1.165, 1.54) is 114 Å². The SMILES string of the molecule is BrCCCCCCCCCCCCBr.CC(C)CN(CC(C)C)CC(C)C.CC(C)CN(CC(C)C)CC(C)C. The number of rotatable bonds is 23. The van der Waals surface area contributed by atoms with Crippen LogP contribution in [-0.4, -0.2) is 59.7 Å². The highest BCUT2D eigenvalue weighted by atomic mass is 79.9. The van der Waals surface area contributed by atoms with Gasteiger partial charge in [-0.25, -0.2) is 0 Å². The fourth-order valence-electron chi connectivity index (χ4n) is 5.15. The number of nitrogens with zero attached hydrogens (tertiary/aromatic N) is 2. The molecule has 0 heterocycles. The second-order valence-electron chi connectivity index (χ2n) is 14.7. The van der Waals surface area contributed by atoms with Crippen molar-refractivity contribution in [1.82, 2.24) is 9.80 Å². The highest BCUT2D eigenvalue weighted by Crippen LogP contribution is 2.11. The summed E-state index contributed by atoms with van der Waals surface area (Å²) in [6.45, 7) is 35.1. The maximum atomic E-state index is 3.46. The number of halogens is 2. The molecule has 0 spiro atoms. The zero-order valence-electron chi connectivity index (χ0n) is 29.8. The summed E-state index contributed by atoms with van der Waals surface area (Å²) in [5.41, 5.74) is 0. The summed E-state index contributed by atoms with van der Waals surface area (Å²) in [5, 5.41) is 2.36. The minimum Gasteiger partial charge on any atom is -0.303 e. The predicted octanol–water partition coefficient (Wildman–Crippen LogP) is 12.2. The quantitative estimate of drug-likeness (QED) is 0.0774. The molecule has 0 rings (SSSR count). The van der Waals surface area contributed by atoms with Gasteiger partial charge in [0.1, 0.15) is 0 Å². The monoisotopic (exact) mass is 696 g/mol. The molecule has 0 radical (unpaired) electrons. The Balaban J connectivity index is -0.000000514. The minimum absolute atomic E-state index is 0.789. The van der Waals surface area contributed by atoms with Crippen LogP contribution in [0.5, 0.6) is 0 Å². The summed E-state index contributed by atoms with van der Waals surface area (Å²) in [7, 11) is 0. The van der Waals surface area contributed by atoms with E-state index in [0.717, 1.165) is 35.5 Å². The van der Waals surface area contributed by atoms with Gasteiger partial charge in [-0.05, 0) is 48.3 Å². The Morgan fingerprint density at radius 2 is 0.450 bits per heavy atom. The average Bonchev–Trinajstić information content (AvgIpc) is 2.78. The summed E-state index contributed by atoms with van der Waals surface area (Å²) in [4.78, 5) is 5.19. The van der Waals surface area contributed by atoms with Crippen molar-refractivity contribution in [2.75, 3.05) is 49.9 Å². The molecule has 0 saturated heterocycles. The lowest BCUT2D eigenvalue weighted by Crippen LogP contribution is -2.34. The van der Waals surface area contributed by atoms with E-state index in [-0.39, 0.29) is 0 Å². The van der Waals surface area contributed by atoms with Crippen LogP contribution in [0.25, 0.3) is 0 Å². The molecule has 0 aliphatic carbocycles. The van der Waals surface area contributed by atoms with E-state index >= 15 is 0 Å². The topological polar surface area (TPSA) is 6.48 Å². The normalized spacial score (nSPS) is 11.8. The fraction of sp³-hybridized carbons (Fsp3) is 1.00. The number of unbranched alkanes of at least 4 members (excludes halogenated alkanes) is 9. The molecular formula is C36H78Br2N2. The van der Waals surface area contributed by atoms with Crippen LogP contribution in [0.4, 0.5) is 0 Å². The summed E-state index contributed by atoms with van der Waals surface area (Å²) >= 11 is 6.93. The van der Waals surface area contributed by atoms with Crippen LogP contribution in [0.15, 0.2) is 0 Å². The molecule has 0 aromatic carbocycles. The standard InChI is InChI=1S/C12H24Br2.2C12H27N/c13-11-9-7-5-3-1-2-4-6-8-10-12-14;2*1-10(2)7-13(8-11(3)4)9-12(5)6/h1-12H2;2*10-12H,7-9H2,1-6H3. The molecule has 0 aliphatic heterocycles. The van der Waals surface area contributed by atoms with Crippen molar-refractivity contribution in [3.05, 3.63) is 0 Å². The maximum Gasteiger partial charge on any atom is 0.00313 e. The predicted molar refractivity (Wildman–Crippen MR) is 196 cm³/mol. The van der Waals surface area contributed by atoms with Crippen LogP contribution in [-0.2, 0) is 0 Å². The van der Waals surface area contributed by atoms with Gasteiger partial charge in [0.05, 0.1) is 0 Å². The van der Waals surface area contributed by atoms with E-state index in [1.54, 1.807) is 0 Å². The van der Waals surface area contributed by atoms with Gasteiger partial charge in [-0.2, -0.15) is 0 Å². The first-order valence-electron chi connectivity index (χ1n) is 17.3. The van der Waals surface area contributed by atoms with Crippen molar-refractivity contribution in [1.29, 1.82) is 0 Å². The van der Waals surface area contributed by atoms with Crippen LogP contribution in [0.1, 0.15) is 147 Å². The van der Waals surface area contributed by atoms with Gasteiger partial charge in [-0.15, -0.1) is 0 Å². The lowest BCUT2D eigenvalue weighted by atomic mass is 10.1. The third-order valence-corrected chi connectivity index (χ3v) is 7.38. The van der Waals surface area contributed by atoms with Crippen molar-refractivity contribution >= 4 is 31.9 Å². The first-order chi connectivity index (χ1) is 18.7. The lowest BCUT2D eigenvalue weighted by molar-refractivity contribution is 0.198. The molecule has 2 nitrogen and oxygen atoms in total. The van der Waals surface area contributed by atoms with Crippen molar-refractivity contribution in [2.24, 2.45) is 35.5 Å². The molecule has 0 bridgehead atoms. The Hall–Kier alpha value is 0.880. The van der Waals surface area contributed by atoms with Crippen molar-refractivity contribution in [3.63, 3.8) is 0 Å². The van der Waals surface area contributed by atoms with E-state index in [4.69, 9.17) is 0 Å². The first-order valence-corrected chi connectivity index (χ1v) is 19.6. The summed E-state index contributed by atoms with van der Waals surface area (Å²) in [6.07, 6.45) is 14.2. The Labute approximate surface area is 273 Å². The Morgan fingerprint density at radius 1 is 0.300 bits per heavy atom. The van der Waals surface area contributed by atoms with Gasteiger partial charge in [-0.3, -0.25) is 0 Å². The van der Waals surface area contributed by atoms with E-state index < -0.39 is 0 Å². The summed E-state index contributed by atoms with van der Waals surface area (Å²) in [5.74, 6) is 4.74. The highest BCUT2D eigenvalue weighted by molar-refractivity contribution is 9.09. The molecule has 0 aromatic heterocycles. The van der Waals surface area contributed by atoms with Gasteiger partial charge in [0.25, 0.3) is 0 Å². The number of hydrogen-bond acceptors (Lipinski definition) is 2. The lowest BCUT2D eigenvalue weighted by Gasteiger charge is -2.27. The smallest absolute Gasteiger partial charge is 0.00313 e. The fourth-order valence-corrected chi connectivity index (χ4v) is 5.94. The van der Waals surface area contributed by atoms with Crippen LogP contribution in [0, 0.1) is 35.5 Å². The molecular weight excluding hydrogens is 620 g/mol. The largest absolute Gasteiger partial charge is 0.303 e. The molecule has 0 aromatic rings. The second-order valence-corrected chi connectivity index (χ2v) is 16.3. The molecule has 0 saturated carbocycles. The molecule has 0 amide bonds. The first kappa shape index (κ1) is 45.3. The Morgan fingerprint density at radius 3 is 0.575 bits per heavy atom. The highest BCUT2D eigenvalue weighted by Gasteiger charge is 2.11. The van der Waals surface area contributed by atoms with E-state index in [0.29, 0.717) is 0 Å². The number of hydrogen-bond donors (Lipinski definition) is 0. The van der Waals surface area contributed by atoms with E-state index in [1.807, 2.05) is 0 Å². The third-order valence-electron chi connectivity index (χ3n) is 6.26. The molecule has 0 unspecified atom stereocenters. The van der Waals surface area contributed by atoms with Crippen molar-refractivity contribution in [3.8, 4) is 0 Å². The van der Waals surface area contributed by atoms with Crippen LogP contribution in [0.2, 0.25) is 0 Å². The van der Waals surface area contributed by atoms with Gasteiger partial charge in [0.2, 0.25) is 0 Å². The third kappa shape index (κ3) is 43.3. The van der Waals surface area contributed by atoms with Gasteiger partial charge >= 0.3 is 0 Å². The van der Waals surface area contributed by atoms with Gasteiger partial charge in [-0.1, -0.05) is 166 Å². The molecule has 0 fully saturated rings. The van der Waals surface area contributed by atoms with E-state index in [9.17, 15) is 0 Å². The zero-order valence-corrected chi connectivity index (χ0v) is 33.0. The van der Waals surface area contributed by atoms with E-state index in [2.05, 4.69) is 125 Å². The van der Waals surface area contributed by atoms with Crippen LogP contribution >= 0.6 is 31.9 Å². The number of alkyl halides is 2. The second kappa shape index (κ2) is 32.8. The molecule has 0 aliphatic rings. The minimum atomic E-state index is 0.789. The van der Waals surface area contributed by atoms with Crippen molar-refractivity contribution < 1.29 is 0 Å². The zero-order chi connectivity index (χ0) is 31.3.